The summed E-state index contributed by atoms with van der Waals surface area (Å²) in [5, 5.41) is 13.0. The van der Waals surface area contributed by atoms with Gasteiger partial charge in [-0.2, -0.15) is 0 Å². The summed E-state index contributed by atoms with van der Waals surface area (Å²) in [5.74, 6) is 0.393. The van der Waals surface area contributed by atoms with E-state index in [2.05, 4.69) is 36.5 Å². The molecular weight excluding hydrogens is 224 g/mol. The van der Waals surface area contributed by atoms with Crippen LogP contribution in [0.3, 0.4) is 0 Å². The number of benzene rings is 1. The molecule has 3 unspecified atom stereocenters. The molecule has 3 heteroatoms. The molecule has 0 heterocycles. The maximum absolute atomic E-state index is 9.36. The first-order valence-corrected chi connectivity index (χ1v) is 6.88. The third kappa shape index (κ3) is 3.10. The molecule has 1 aromatic carbocycles. The van der Waals surface area contributed by atoms with Crippen LogP contribution in [-0.4, -0.2) is 24.3 Å². The number of nitrogens with one attached hydrogen (secondary N) is 1. The van der Waals surface area contributed by atoms with E-state index in [1.54, 1.807) is 0 Å². The minimum Gasteiger partial charge on any atom is -0.396 e. The Morgan fingerprint density at radius 3 is 2.67 bits per heavy atom. The fourth-order valence-corrected chi connectivity index (χ4v) is 2.83. The average Bonchev–Trinajstić information content (AvgIpc) is 2.84. The number of nitrogens with two attached hydrogens (primary N) is 1. The molecule has 1 aliphatic rings. The van der Waals surface area contributed by atoms with Crippen LogP contribution in [0.5, 0.6) is 0 Å². The largest absolute Gasteiger partial charge is 0.396 e. The molecule has 100 valence electrons. The number of aryl methyl sites for hydroxylation is 1. The Morgan fingerprint density at radius 1 is 1.33 bits per heavy atom. The molecule has 1 fully saturated rings. The molecule has 0 aliphatic heterocycles. The van der Waals surface area contributed by atoms with E-state index in [9.17, 15) is 5.11 Å². The van der Waals surface area contributed by atoms with Crippen molar-refractivity contribution < 1.29 is 5.11 Å². The average molecular weight is 248 g/mol. The van der Waals surface area contributed by atoms with Crippen LogP contribution in [0.15, 0.2) is 24.3 Å². The molecule has 3 atom stereocenters. The molecule has 0 spiro atoms. The van der Waals surface area contributed by atoms with Crippen molar-refractivity contribution in [2.75, 3.05) is 13.2 Å². The standard InChI is InChI=1S/C15H24N2O/c1-11-5-7-12(8-6-11)15(9-16)17-14-4-2-3-13(14)10-18/h5-8,13-15,17-18H,2-4,9-10,16H2,1H3. The number of aliphatic hydroxyl groups excluding tert-OH is 1. The van der Waals surface area contributed by atoms with Gasteiger partial charge in [0.25, 0.3) is 0 Å². The van der Waals surface area contributed by atoms with Gasteiger partial charge in [0.1, 0.15) is 0 Å². The van der Waals surface area contributed by atoms with Gasteiger partial charge < -0.3 is 16.2 Å². The molecule has 0 bridgehead atoms. The zero-order chi connectivity index (χ0) is 13.0. The first-order chi connectivity index (χ1) is 8.74. The predicted molar refractivity (Wildman–Crippen MR) is 74.3 cm³/mol. The highest BCUT2D eigenvalue weighted by Crippen LogP contribution is 2.27. The fourth-order valence-electron chi connectivity index (χ4n) is 2.83. The van der Waals surface area contributed by atoms with Gasteiger partial charge in [-0.3, -0.25) is 0 Å². The van der Waals surface area contributed by atoms with E-state index in [0.29, 0.717) is 18.5 Å². The monoisotopic (exact) mass is 248 g/mol. The van der Waals surface area contributed by atoms with Crippen LogP contribution >= 0.6 is 0 Å². The zero-order valence-electron chi connectivity index (χ0n) is 11.1. The van der Waals surface area contributed by atoms with Crippen molar-refractivity contribution in [1.82, 2.24) is 5.32 Å². The van der Waals surface area contributed by atoms with E-state index in [1.807, 2.05) is 0 Å². The summed E-state index contributed by atoms with van der Waals surface area (Å²) in [6.07, 6.45) is 3.47. The minimum atomic E-state index is 0.197. The first-order valence-electron chi connectivity index (χ1n) is 6.88. The molecule has 0 amide bonds. The lowest BCUT2D eigenvalue weighted by Crippen LogP contribution is -2.39. The quantitative estimate of drug-likeness (QED) is 0.744. The van der Waals surface area contributed by atoms with Crippen molar-refractivity contribution in [2.45, 2.75) is 38.3 Å². The van der Waals surface area contributed by atoms with Crippen molar-refractivity contribution in [1.29, 1.82) is 0 Å². The van der Waals surface area contributed by atoms with Crippen LogP contribution in [0.1, 0.15) is 36.4 Å². The first kappa shape index (κ1) is 13.5. The summed E-state index contributed by atoms with van der Waals surface area (Å²) in [6.45, 7) is 2.97. The summed E-state index contributed by atoms with van der Waals surface area (Å²) in [7, 11) is 0. The van der Waals surface area contributed by atoms with Crippen molar-refractivity contribution in [2.24, 2.45) is 11.7 Å². The molecule has 18 heavy (non-hydrogen) atoms. The van der Waals surface area contributed by atoms with Gasteiger partial charge in [0.2, 0.25) is 0 Å². The predicted octanol–water partition coefficient (Wildman–Crippen LogP) is 1.75. The van der Waals surface area contributed by atoms with Gasteiger partial charge in [0.05, 0.1) is 0 Å². The number of rotatable bonds is 5. The van der Waals surface area contributed by atoms with E-state index >= 15 is 0 Å². The number of hydrogen-bond donors (Lipinski definition) is 3. The van der Waals surface area contributed by atoms with E-state index in [4.69, 9.17) is 5.73 Å². The molecule has 2 rings (SSSR count). The highest BCUT2D eigenvalue weighted by molar-refractivity contribution is 5.24. The molecular formula is C15H24N2O. The lowest BCUT2D eigenvalue weighted by Gasteiger charge is -2.26. The van der Waals surface area contributed by atoms with Crippen molar-refractivity contribution >= 4 is 0 Å². The zero-order valence-corrected chi connectivity index (χ0v) is 11.1. The van der Waals surface area contributed by atoms with Crippen LogP contribution in [-0.2, 0) is 0 Å². The van der Waals surface area contributed by atoms with E-state index < -0.39 is 0 Å². The minimum absolute atomic E-state index is 0.197. The van der Waals surface area contributed by atoms with Gasteiger partial charge in [-0.05, 0) is 31.2 Å². The summed E-state index contributed by atoms with van der Waals surface area (Å²) in [6, 6.07) is 9.13. The maximum Gasteiger partial charge on any atom is 0.0474 e. The molecule has 0 saturated heterocycles. The highest BCUT2D eigenvalue weighted by atomic mass is 16.3. The highest BCUT2D eigenvalue weighted by Gasteiger charge is 2.28. The Bertz CT molecular complexity index is 363. The summed E-state index contributed by atoms with van der Waals surface area (Å²) >= 11 is 0. The van der Waals surface area contributed by atoms with E-state index in [-0.39, 0.29) is 12.6 Å². The van der Waals surface area contributed by atoms with Crippen molar-refractivity contribution in [3.05, 3.63) is 35.4 Å². The third-order valence-corrected chi connectivity index (χ3v) is 4.02. The summed E-state index contributed by atoms with van der Waals surface area (Å²) in [5.41, 5.74) is 8.39. The van der Waals surface area contributed by atoms with Crippen LogP contribution in [0.4, 0.5) is 0 Å². The molecule has 0 radical (unpaired) electrons. The van der Waals surface area contributed by atoms with Crippen LogP contribution in [0.2, 0.25) is 0 Å². The molecule has 1 aliphatic carbocycles. The van der Waals surface area contributed by atoms with Gasteiger partial charge in [0.15, 0.2) is 0 Å². The Morgan fingerprint density at radius 2 is 2.06 bits per heavy atom. The van der Waals surface area contributed by atoms with Gasteiger partial charge >= 0.3 is 0 Å². The van der Waals surface area contributed by atoms with Gasteiger partial charge in [-0.25, -0.2) is 0 Å². The summed E-state index contributed by atoms with van der Waals surface area (Å²) in [4.78, 5) is 0. The van der Waals surface area contributed by atoms with Gasteiger partial charge in [-0.1, -0.05) is 36.2 Å². The van der Waals surface area contributed by atoms with Crippen LogP contribution in [0, 0.1) is 12.8 Å². The molecule has 0 aromatic heterocycles. The fraction of sp³-hybridized carbons (Fsp3) is 0.600. The smallest absolute Gasteiger partial charge is 0.0474 e. The summed E-state index contributed by atoms with van der Waals surface area (Å²) < 4.78 is 0. The second-order valence-electron chi connectivity index (χ2n) is 5.35. The topological polar surface area (TPSA) is 58.3 Å². The Hall–Kier alpha value is -0.900. The Labute approximate surface area is 109 Å². The van der Waals surface area contributed by atoms with Crippen molar-refractivity contribution in [3.8, 4) is 0 Å². The second kappa shape index (κ2) is 6.32. The van der Waals surface area contributed by atoms with E-state index in [1.165, 1.54) is 17.5 Å². The van der Waals surface area contributed by atoms with Crippen LogP contribution < -0.4 is 11.1 Å². The lowest BCUT2D eigenvalue weighted by molar-refractivity contribution is 0.200. The number of aliphatic hydroxyl groups is 1. The molecule has 1 saturated carbocycles. The van der Waals surface area contributed by atoms with E-state index in [0.717, 1.165) is 12.8 Å². The molecule has 3 nitrogen and oxygen atoms in total. The molecule has 4 N–H and O–H groups in total. The Kier molecular flexibility index (Phi) is 4.75. The SMILES string of the molecule is Cc1ccc(C(CN)NC2CCCC2CO)cc1. The third-order valence-electron chi connectivity index (χ3n) is 4.02. The normalized spacial score (nSPS) is 25.3. The number of hydrogen-bond acceptors (Lipinski definition) is 3. The Balaban J connectivity index is 2.02. The van der Waals surface area contributed by atoms with Crippen molar-refractivity contribution in [3.63, 3.8) is 0 Å². The van der Waals surface area contributed by atoms with Gasteiger partial charge in [-0.15, -0.1) is 0 Å². The maximum atomic E-state index is 9.36. The molecule has 1 aromatic rings. The van der Waals surface area contributed by atoms with Gasteiger partial charge in [0, 0.05) is 25.2 Å². The second-order valence-corrected chi connectivity index (χ2v) is 5.35. The van der Waals surface area contributed by atoms with Crippen LogP contribution in [0.25, 0.3) is 0 Å². The lowest BCUT2D eigenvalue weighted by atomic mass is 10.0.